The number of hydrogen-bond acceptors (Lipinski definition) is 13. The summed E-state index contributed by atoms with van der Waals surface area (Å²) in [7, 11) is 0. The molecule has 0 unspecified atom stereocenters. The molecule has 54 heavy (non-hydrogen) atoms. The van der Waals surface area contributed by atoms with Crippen molar-refractivity contribution in [3.05, 3.63) is 0 Å². The highest BCUT2D eigenvalue weighted by Gasteiger charge is 2.24. The molecule has 0 aromatic carbocycles. The van der Waals surface area contributed by atoms with Crippen molar-refractivity contribution in [1.82, 2.24) is 31.9 Å². The Bertz CT molecular complexity index is 1130. The van der Waals surface area contributed by atoms with Gasteiger partial charge in [-0.2, -0.15) is 0 Å². The van der Waals surface area contributed by atoms with Gasteiger partial charge in [-0.3, -0.25) is 19.2 Å². The third-order valence-electron chi connectivity index (χ3n) is 9.27. The van der Waals surface area contributed by atoms with Crippen molar-refractivity contribution in [3.63, 3.8) is 0 Å². The molecule has 0 saturated heterocycles. The van der Waals surface area contributed by atoms with Gasteiger partial charge in [0.05, 0.1) is 55.0 Å². The molecule has 0 aromatic rings. The minimum absolute atomic E-state index is 0.110. The number of carbonyl (C=O) groups excluding carboxylic acids is 5. The summed E-state index contributed by atoms with van der Waals surface area (Å²) >= 11 is 0. The highest BCUT2D eigenvalue weighted by atomic mass is 16.5. The third kappa shape index (κ3) is 26.2. The molecule has 0 aliphatic carbocycles. The molecule has 17 nitrogen and oxygen atoms in total. The van der Waals surface area contributed by atoms with E-state index in [1.54, 1.807) is 13.8 Å². The molecule has 8 N–H and O–H groups in total. The Morgan fingerprint density at radius 1 is 0.611 bits per heavy atom. The molecular formula is C37H70N8O9. The molecule has 0 bridgehead atoms. The number of carbonyl (C=O) groups is 5. The van der Waals surface area contributed by atoms with Crippen molar-refractivity contribution >= 4 is 41.3 Å². The third-order valence-corrected chi connectivity index (χ3v) is 9.27. The van der Waals surface area contributed by atoms with Crippen LogP contribution in [0.25, 0.3) is 0 Å². The minimum Gasteiger partial charge on any atom is -0.411 e. The van der Waals surface area contributed by atoms with Crippen LogP contribution in [0.15, 0.2) is 10.3 Å². The van der Waals surface area contributed by atoms with Crippen LogP contribution in [0.2, 0.25) is 0 Å². The standard InChI is InChI=1S/C37H70N8O9/c1-28(44-51)36(4,5)41-20-15-31(16-21-42-37(6,7)29(2)45-52)14-19-40-33(48)12-10-13-35(50)43-32(27-46)11-8-9-18-39-34(49)17-23-53-25-26-54-24-22-38-30(3)47/h27,31-32,41-42,51-52H,8-26H2,1-7H3,(H,38,47)(H,39,49)(H,40,48)(H,43,50)/b44-28-,45-29-/t32-/m0/s1. The van der Waals surface area contributed by atoms with Crippen LogP contribution >= 0.6 is 0 Å². The van der Waals surface area contributed by atoms with Crippen LogP contribution in [0.1, 0.15) is 113 Å². The van der Waals surface area contributed by atoms with Gasteiger partial charge in [0.15, 0.2) is 0 Å². The number of hydrogen-bond donors (Lipinski definition) is 8. The monoisotopic (exact) mass is 771 g/mol. The van der Waals surface area contributed by atoms with Crippen LogP contribution in [0.4, 0.5) is 0 Å². The molecule has 1 atom stereocenters. The fraction of sp³-hybridized carbons (Fsp3) is 0.811. The molecule has 4 amide bonds. The lowest BCUT2D eigenvalue weighted by Crippen LogP contribution is -2.47. The summed E-state index contributed by atoms with van der Waals surface area (Å²) in [5.41, 5.74) is 0.230. The lowest BCUT2D eigenvalue weighted by atomic mass is 9.94. The van der Waals surface area contributed by atoms with E-state index in [9.17, 15) is 34.4 Å². The molecule has 0 heterocycles. The Morgan fingerprint density at radius 2 is 1.13 bits per heavy atom. The molecule has 0 aliphatic heterocycles. The Kier molecular flexibility index (Phi) is 27.6. The fourth-order valence-corrected chi connectivity index (χ4v) is 5.07. The summed E-state index contributed by atoms with van der Waals surface area (Å²) in [4.78, 5) is 59.2. The van der Waals surface area contributed by atoms with E-state index in [0.717, 1.165) is 19.3 Å². The molecule has 17 heteroatoms. The Labute approximate surface area is 321 Å². The number of unbranched alkanes of at least 4 members (excludes halogenated alkanes) is 1. The summed E-state index contributed by atoms with van der Waals surface area (Å²) in [5, 5.41) is 43.0. The first-order valence-electron chi connectivity index (χ1n) is 19.1. The van der Waals surface area contributed by atoms with Gasteiger partial charge in [-0.05, 0) is 105 Å². The van der Waals surface area contributed by atoms with Gasteiger partial charge in [-0.1, -0.05) is 10.3 Å². The number of oxime groups is 2. The van der Waals surface area contributed by atoms with Gasteiger partial charge in [0.1, 0.15) is 6.29 Å². The molecule has 0 aromatic heterocycles. The minimum atomic E-state index is -0.632. The van der Waals surface area contributed by atoms with Crippen molar-refractivity contribution in [2.75, 3.05) is 59.2 Å². The number of nitrogens with one attached hydrogen (secondary N) is 6. The topological polar surface area (TPSA) is 241 Å². The highest BCUT2D eigenvalue weighted by Crippen LogP contribution is 2.15. The molecule has 0 spiro atoms. The first-order chi connectivity index (χ1) is 25.6. The quantitative estimate of drug-likeness (QED) is 0.0158. The number of ether oxygens (including phenoxy) is 2. The zero-order valence-corrected chi connectivity index (χ0v) is 33.8. The first kappa shape index (κ1) is 50.3. The lowest BCUT2D eigenvalue weighted by Gasteiger charge is -2.28. The van der Waals surface area contributed by atoms with Crippen molar-refractivity contribution in [1.29, 1.82) is 0 Å². The van der Waals surface area contributed by atoms with E-state index in [4.69, 9.17) is 9.47 Å². The van der Waals surface area contributed by atoms with Crippen molar-refractivity contribution in [2.24, 2.45) is 16.2 Å². The van der Waals surface area contributed by atoms with Crippen LogP contribution in [-0.4, -0.2) is 128 Å². The highest BCUT2D eigenvalue weighted by molar-refractivity contribution is 5.90. The van der Waals surface area contributed by atoms with Gasteiger partial charge in [0.25, 0.3) is 0 Å². The fourth-order valence-electron chi connectivity index (χ4n) is 5.07. The van der Waals surface area contributed by atoms with E-state index in [-0.39, 0.29) is 55.4 Å². The van der Waals surface area contributed by atoms with E-state index in [1.165, 1.54) is 6.92 Å². The second kappa shape index (κ2) is 29.7. The molecule has 0 radical (unpaired) electrons. The van der Waals surface area contributed by atoms with Crippen LogP contribution in [0, 0.1) is 5.92 Å². The number of rotatable bonds is 33. The maximum Gasteiger partial charge on any atom is 0.222 e. The number of aldehydes is 1. The normalized spacial score (nSPS) is 13.0. The van der Waals surface area contributed by atoms with E-state index in [1.807, 2.05) is 27.7 Å². The van der Waals surface area contributed by atoms with E-state index in [0.29, 0.717) is 95.9 Å². The average molecular weight is 771 g/mol. The Morgan fingerprint density at radius 3 is 1.69 bits per heavy atom. The summed E-state index contributed by atoms with van der Waals surface area (Å²) in [6, 6.07) is -0.632. The lowest BCUT2D eigenvalue weighted by molar-refractivity contribution is -0.125. The molecule has 0 saturated carbocycles. The molecule has 0 aliphatic rings. The van der Waals surface area contributed by atoms with Crippen LogP contribution in [0.5, 0.6) is 0 Å². The smallest absolute Gasteiger partial charge is 0.222 e. The van der Waals surface area contributed by atoms with Crippen molar-refractivity contribution in [2.45, 2.75) is 130 Å². The molecular weight excluding hydrogens is 700 g/mol. The van der Waals surface area contributed by atoms with Gasteiger partial charge >= 0.3 is 0 Å². The number of amides is 4. The van der Waals surface area contributed by atoms with Crippen LogP contribution in [0.3, 0.4) is 0 Å². The van der Waals surface area contributed by atoms with Gasteiger partial charge in [0, 0.05) is 45.8 Å². The van der Waals surface area contributed by atoms with Crippen molar-refractivity contribution < 1.29 is 43.9 Å². The van der Waals surface area contributed by atoms with Gasteiger partial charge in [-0.25, -0.2) is 0 Å². The Balaban J connectivity index is 4.34. The number of nitrogens with zero attached hydrogens (tertiary/aromatic N) is 2. The first-order valence-corrected chi connectivity index (χ1v) is 19.1. The predicted molar refractivity (Wildman–Crippen MR) is 208 cm³/mol. The summed E-state index contributed by atoms with van der Waals surface area (Å²) in [6.07, 6.45) is 5.72. The van der Waals surface area contributed by atoms with E-state index < -0.39 is 17.1 Å². The zero-order valence-electron chi connectivity index (χ0n) is 33.8. The zero-order chi connectivity index (χ0) is 40.8. The van der Waals surface area contributed by atoms with Crippen molar-refractivity contribution in [3.8, 4) is 0 Å². The van der Waals surface area contributed by atoms with Crippen LogP contribution in [-0.2, 0) is 33.4 Å². The maximum atomic E-state index is 12.5. The maximum absolute atomic E-state index is 12.5. The summed E-state index contributed by atoms with van der Waals surface area (Å²) in [5.74, 6) is -0.418. The second-order valence-corrected chi connectivity index (χ2v) is 14.5. The molecule has 312 valence electrons. The van der Waals surface area contributed by atoms with Gasteiger partial charge in [0.2, 0.25) is 23.6 Å². The Hall–Kier alpha value is -3.67. The van der Waals surface area contributed by atoms with E-state index >= 15 is 0 Å². The summed E-state index contributed by atoms with van der Waals surface area (Å²) in [6.45, 7) is 16.9. The second-order valence-electron chi connectivity index (χ2n) is 14.5. The largest absolute Gasteiger partial charge is 0.411 e. The molecule has 0 fully saturated rings. The van der Waals surface area contributed by atoms with E-state index in [2.05, 4.69) is 42.2 Å². The predicted octanol–water partition coefficient (Wildman–Crippen LogP) is 2.03. The average Bonchev–Trinajstić information content (AvgIpc) is 3.12. The molecule has 0 rings (SSSR count). The summed E-state index contributed by atoms with van der Waals surface area (Å²) < 4.78 is 10.7. The SMILES string of the molecule is CC(=O)NCCOCCOCCC(=O)NCCCC[C@@H](C=O)NC(=O)CCCC(=O)NCCC(CCNC(C)(C)/C(C)=N\O)CCNC(C)(C)/C(C)=N\O. The van der Waals surface area contributed by atoms with Crippen LogP contribution < -0.4 is 31.9 Å². The van der Waals surface area contributed by atoms with Gasteiger partial charge < -0.3 is 56.6 Å². The van der Waals surface area contributed by atoms with Gasteiger partial charge in [-0.15, -0.1) is 0 Å².